The van der Waals surface area contributed by atoms with E-state index >= 15 is 0 Å². The molecule has 1 aliphatic carbocycles. The molecule has 2 heterocycles. The first-order valence-corrected chi connectivity index (χ1v) is 10.7. The van der Waals surface area contributed by atoms with Crippen LogP contribution in [0.5, 0.6) is 5.75 Å². The van der Waals surface area contributed by atoms with Crippen LogP contribution in [-0.4, -0.2) is 34.2 Å². The van der Waals surface area contributed by atoms with Crippen LogP contribution in [0.4, 0.5) is 4.39 Å². The van der Waals surface area contributed by atoms with Crippen molar-refractivity contribution < 1.29 is 28.2 Å². The van der Waals surface area contributed by atoms with Gasteiger partial charge in [-0.15, -0.1) is 11.3 Å². The maximum atomic E-state index is 12.9. The molecule has 30 heavy (non-hydrogen) atoms. The van der Waals surface area contributed by atoms with Gasteiger partial charge in [0.2, 0.25) is 11.8 Å². The van der Waals surface area contributed by atoms with Crippen molar-refractivity contribution in [3.05, 3.63) is 46.2 Å². The molecule has 0 N–H and O–H groups in total. The smallest absolute Gasteiger partial charge is 0.326 e. The van der Waals surface area contributed by atoms with Gasteiger partial charge >= 0.3 is 5.97 Å². The number of halogens is 1. The Bertz CT molecular complexity index is 921. The van der Waals surface area contributed by atoms with E-state index in [1.807, 2.05) is 0 Å². The maximum Gasteiger partial charge on any atom is 0.326 e. The van der Waals surface area contributed by atoms with E-state index in [9.17, 15) is 18.8 Å². The van der Waals surface area contributed by atoms with Gasteiger partial charge in [0, 0.05) is 5.38 Å². The number of fused-ring (bicyclic) bond motifs is 1. The van der Waals surface area contributed by atoms with Gasteiger partial charge < -0.3 is 9.47 Å². The molecular formula is C21H21FN2O5S. The molecule has 1 aromatic heterocycles. The minimum absolute atomic E-state index is 0.0467. The van der Waals surface area contributed by atoms with Gasteiger partial charge in [-0.3, -0.25) is 19.3 Å². The maximum absolute atomic E-state index is 12.9. The SMILES string of the molecule is O=C(CN1C(=O)C2CCCCC2C1=O)OCc1csc(COc2ccc(F)cc2)n1. The van der Waals surface area contributed by atoms with Crippen LogP contribution in [-0.2, 0) is 32.3 Å². The van der Waals surface area contributed by atoms with Gasteiger partial charge in [0.05, 0.1) is 17.5 Å². The molecule has 0 radical (unpaired) electrons. The fourth-order valence-corrected chi connectivity index (χ4v) is 4.56. The third-order valence-corrected chi connectivity index (χ3v) is 6.25. The lowest BCUT2D eigenvalue weighted by molar-refractivity contribution is -0.153. The molecule has 1 aliphatic heterocycles. The first kappa shape index (κ1) is 20.5. The second-order valence-electron chi connectivity index (χ2n) is 7.40. The molecule has 2 amide bonds. The average molecular weight is 432 g/mol. The number of carbonyl (C=O) groups excluding carboxylic acids is 3. The molecule has 1 saturated heterocycles. The lowest BCUT2D eigenvalue weighted by Gasteiger charge is -2.19. The normalized spacial score (nSPS) is 20.9. The summed E-state index contributed by atoms with van der Waals surface area (Å²) < 4.78 is 23.6. The van der Waals surface area contributed by atoms with E-state index in [2.05, 4.69) is 4.98 Å². The summed E-state index contributed by atoms with van der Waals surface area (Å²) in [4.78, 5) is 42.4. The summed E-state index contributed by atoms with van der Waals surface area (Å²) in [5.74, 6) is -1.50. The number of ether oxygens (including phenoxy) is 2. The van der Waals surface area contributed by atoms with E-state index in [0.29, 0.717) is 29.3 Å². The largest absolute Gasteiger partial charge is 0.486 e. The summed E-state index contributed by atoms with van der Waals surface area (Å²) in [5.41, 5.74) is 0.554. The van der Waals surface area contributed by atoms with Crippen LogP contribution in [0.25, 0.3) is 0 Å². The Morgan fingerprint density at radius 2 is 1.77 bits per heavy atom. The fourth-order valence-electron chi connectivity index (χ4n) is 3.87. The summed E-state index contributed by atoms with van der Waals surface area (Å²) >= 11 is 1.35. The number of amides is 2. The van der Waals surface area contributed by atoms with Crippen molar-refractivity contribution in [2.75, 3.05) is 6.54 Å². The van der Waals surface area contributed by atoms with E-state index in [1.54, 1.807) is 5.38 Å². The van der Waals surface area contributed by atoms with E-state index in [-0.39, 0.29) is 49.2 Å². The highest BCUT2D eigenvalue weighted by atomic mass is 32.1. The number of benzene rings is 1. The monoisotopic (exact) mass is 432 g/mol. The molecule has 2 unspecified atom stereocenters. The van der Waals surface area contributed by atoms with Crippen molar-refractivity contribution in [3.63, 3.8) is 0 Å². The van der Waals surface area contributed by atoms with Gasteiger partial charge in [0.25, 0.3) is 0 Å². The van der Waals surface area contributed by atoms with E-state index in [0.717, 1.165) is 17.7 Å². The standard InChI is InChI=1S/C21H21FN2O5S/c22-13-5-7-15(8-6-13)28-11-18-23-14(12-30-18)10-29-19(25)9-24-20(26)16-3-1-2-4-17(16)21(24)27/h5-8,12,16-17H,1-4,9-11H2. The summed E-state index contributed by atoms with van der Waals surface area (Å²) in [5, 5.41) is 2.43. The van der Waals surface area contributed by atoms with Crippen molar-refractivity contribution in [2.24, 2.45) is 11.8 Å². The molecule has 9 heteroatoms. The van der Waals surface area contributed by atoms with Crippen LogP contribution in [0.3, 0.4) is 0 Å². The third kappa shape index (κ3) is 4.51. The van der Waals surface area contributed by atoms with Crippen molar-refractivity contribution in [2.45, 2.75) is 38.9 Å². The number of aromatic nitrogens is 1. The zero-order valence-corrected chi connectivity index (χ0v) is 17.0. The Morgan fingerprint density at radius 3 is 2.43 bits per heavy atom. The molecule has 1 aromatic carbocycles. The highest BCUT2D eigenvalue weighted by Crippen LogP contribution is 2.37. The van der Waals surface area contributed by atoms with Gasteiger partial charge in [0.15, 0.2) is 0 Å². The summed E-state index contributed by atoms with van der Waals surface area (Å²) in [6.07, 6.45) is 3.30. The van der Waals surface area contributed by atoms with Crippen molar-refractivity contribution in [3.8, 4) is 5.75 Å². The van der Waals surface area contributed by atoms with Gasteiger partial charge in [-0.1, -0.05) is 12.8 Å². The van der Waals surface area contributed by atoms with Crippen molar-refractivity contribution in [1.29, 1.82) is 0 Å². The van der Waals surface area contributed by atoms with E-state index in [4.69, 9.17) is 9.47 Å². The average Bonchev–Trinajstić information content (AvgIpc) is 3.31. The lowest BCUT2D eigenvalue weighted by Crippen LogP contribution is -2.36. The van der Waals surface area contributed by atoms with Crippen LogP contribution < -0.4 is 4.74 Å². The first-order valence-electron chi connectivity index (χ1n) is 9.84. The number of esters is 1. The summed E-state index contributed by atoms with van der Waals surface area (Å²) in [6, 6.07) is 5.69. The number of nitrogens with zero attached hydrogens (tertiary/aromatic N) is 2. The van der Waals surface area contributed by atoms with Crippen LogP contribution in [0, 0.1) is 17.7 Å². The first-order chi connectivity index (χ1) is 14.5. The van der Waals surface area contributed by atoms with Gasteiger partial charge in [-0.05, 0) is 37.1 Å². The molecule has 0 bridgehead atoms. The molecule has 2 aliphatic rings. The highest BCUT2D eigenvalue weighted by molar-refractivity contribution is 7.09. The predicted molar refractivity (Wildman–Crippen MR) is 105 cm³/mol. The lowest BCUT2D eigenvalue weighted by atomic mass is 9.81. The number of hydrogen-bond donors (Lipinski definition) is 0. The Balaban J connectivity index is 1.25. The topological polar surface area (TPSA) is 85.8 Å². The number of carbonyl (C=O) groups is 3. The number of likely N-dealkylation sites (tertiary alicyclic amines) is 1. The Hall–Kier alpha value is -2.81. The molecule has 0 spiro atoms. The number of hydrogen-bond acceptors (Lipinski definition) is 7. The number of imide groups is 1. The van der Waals surface area contributed by atoms with Crippen LogP contribution >= 0.6 is 11.3 Å². The zero-order valence-electron chi connectivity index (χ0n) is 16.2. The molecule has 2 atom stereocenters. The van der Waals surface area contributed by atoms with Crippen LogP contribution in [0.15, 0.2) is 29.6 Å². The number of thiazole rings is 1. The predicted octanol–water partition coefficient (Wildman–Crippen LogP) is 3.08. The second kappa shape index (κ2) is 8.91. The Morgan fingerprint density at radius 1 is 1.10 bits per heavy atom. The molecular weight excluding hydrogens is 411 g/mol. The molecule has 4 rings (SSSR count). The molecule has 1 saturated carbocycles. The fraction of sp³-hybridized carbons (Fsp3) is 0.429. The van der Waals surface area contributed by atoms with Crippen LogP contribution in [0.2, 0.25) is 0 Å². The van der Waals surface area contributed by atoms with Gasteiger partial charge in [-0.25, -0.2) is 9.37 Å². The van der Waals surface area contributed by atoms with Crippen LogP contribution in [0.1, 0.15) is 36.4 Å². The highest BCUT2D eigenvalue weighted by Gasteiger charge is 2.48. The minimum atomic E-state index is -0.632. The zero-order chi connectivity index (χ0) is 21.1. The minimum Gasteiger partial charge on any atom is -0.486 e. The third-order valence-electron chi connectivity index (χ3n) is 5.38. The summed E-state index contributed by atoms with van der Waals surface area (Å²) in [6.45, 7) is -0.186. The molecule has 7 nitrogen and oxygen atoms in total. The molecule has 2 fully saturated rings. The Kier molecular flexibility index (Phi) is 6.08. The number of rotatable bonds is 7. The summed E-state index contributed by atoms with van der Waals surface area (Å²) in [7, 11) is 0. The van der Waals surface area contributed by atoms with Gasteiger partial charge in [0.1, 0.15) is 36.3 Å². The van der Waals surface area contributed by atoms with E-state index in [1.165, 1.54) is 35.6 Å². The quantitative estimate of drug-likeness (QED) is 0.494. The van der Waals surface area contributed by atoms with Crippen molar-refractivity contribution in [1.82, 2.24) is 9.88 Å². The molecule has 158 valence electrons. The van der Waals surface area contributed by atoms with Crippen molar-refractivity contribution >= 4 is 29.1 Å². The molecule has 2 aromatic rings. The Labute approximate surface area is 176 Å². The van der Waals surface area contributed by atoms with Gasteiger partial charge in [-0.2, -0.15) is 0 Å². The second-order valence-corrected chi connectivity index (χ2v) is 8.34. The van der Waals surface area contributed by atoms with E-state index < -0.39 is 5.97 Å².